The van der Waals surface area contributed by atoms with Crippen molar-refractivity contribution in [2.75, 3.05) is 0 Å². The molecule has 3 aromatic rings. The molecule has 1 saturated carbocycles. The molecule has 0 amide bonds. The Labute approximate surface area is 191 Å². The van der Waals surface area contributed by atoms with Gasteiger partial charge in [-0.3, -0.25) is 0 Å². The van der Waals surface area contributed by atoms with Crippen LogP contribution in [0.2, 0.25) is 0 Å². The lowest BCUT2D eigenvalue weighted by atomic mass is 9.84. The van der Waals surface area contributed by atoms with Crippen LogP contribution in [-0.4, -0.2) is 13.9 Å². The number of benzene rings is 3. The van der Waals surface area contributed by atoms with Crippen LogP contribution in [0.25, 0.3) is 21.9 Å². The van der Waals surface area contributed by atoms with Gasteiger partial charge in [0, 0.05) is 10.9 Å². The first-order valence-electron chi connectivity index (χ1n) is 9.69. The second kappa shape index (κ2) is 7.26. The first kappa shape index (κ1) is 20.9. The molecule has 162 valence electrons. The Morgan fingerprint density at radius 3 is 2.13 bits per heavy atom. The van der Waals surface area contributed by atoms with E-state index in [2.05, 4.69) is 4.18 Å². The molecule has 0 radical (unpaired) electrons. The van der Waals surface area contributed by atoms with Crippen LogP contribution in [0.1, 0.15) is 42.2 Å². The van der Waals surface area contributed by atoms with E-state index >= 15 is 0 Å². The molecule has 0 spiro atoms. The predicted molar refractivity (Wildman–Crippen MR) is 119 cm³/mol. The van der Waals surface area contributed by atoms with E-state index in [0.717, 1.165) is 36.1 Å². The van der Waals surface area contributed by atoms with Crippen LogP contribution < -0.4 is 7.25 Å². The number of fused-ring (bicyclic) bond motifs is 6. The van der Waals surface area contributed by atoms with Crippen LogP contribution in [0.15, 0.2) is 48.5 Å². The van der Waals surface area contributed by atoms with Crippen molar-refractivity contribution in [3.8, 4) is 22.6 Å². The van der Waals surface area contributed by atoms with E-state index in [4.69, 9.17) is 3.07 Å². The quantitative estimate of drug-likeness (QED) is 0.200. The molecule has 4 nitrogen and oxygen atoms in total. The molecule has 2 bridgehead atoms. The average molecular weight is 560 g/mol. The fourth-order valence-electron chi connectivity index (χ4n) is 5.03. The summed E-state index contributed by atoms with van der Waals surface area (Å²) in [6.07, 6.45) is 3.29. The van der Waals surface area contributed by atoms with Crippen molar-refractivity contribution >= 4 is 43.9 Å². The molecule has 2 aliphatic rings. The lowest BCUT2D eigenvalue weighted by molar-refractivity contribution is -0.0499. The molecule has 1 fully saturated rings. The maximum atomic E-state index is 12.8. The van der Waals surface area contributed by atoms with Gasteiger partial charge in [-0.2, -0.15) is 21.6 Å². The van der Waals surface area contributed by atoms with Gasteiger partial charge in [0.05, 0.1) is 0 Å². The van der Waals surface area contributed by atoms with Gasteiger partial charge in [0.1, 0.15) is 5.75 Å². The lowest BCUT2D eigenvalue weighted by Gasteiger charge is -2.22. The summed E-state index contributed by atoms with van der Waals surface area (Å²) < 4.78 is 71.7. The van der Waals surface area contributed by atoms with Crippen LogP contribution >= 0.6 is 23.0 Å². The summed E-state index contributed by atoms with van der Waals surface area (Å²) in [7, 11) is -5.76. The Kier molecular flexibility index (Phi) is 4.89. The van der Waals surface area contributed by atoms with Crippen molar-refractivity contribution in [3.05, 3.63) is 59.7 Å². The van der Waals surface area contributed by atoms with Gasteiger partial charge in [-0.05, 0) is 71.4 Å². The maximum Gasteiger partial charge on any atom is 0.534 e. The minimum Gasteiger partial charge on any atom is -0.427 e. The number of rotatable bonds is 4. The van der Waals surface area contributed by atoms with Crippen LogP contribution in [0, 0.1) is 0 Å². The van der Waals surface area contributed by atoms with E-state index in [9.17, 15) is 21.6 Å². The number of alkyl halides is 3. The van der Waals surface area contributed by atoms with Crippen molar-refractivity contribution in [1.82, 2.24) is 0 Å². The SMILES string of the molecule is O=S(=O)(Oc1ccc(-c2ccc(OI)c3c2C2CCC3C2)c2ccccc12)C(F)(F)F. The van der Waals surface area contributed by atoms with Crippen LogP contribution in [0.4, 0.5) is 13.2 Å². The molecule has 3 aromatic carbocycles. The monoisotopic (exact) mass is 560 g/mol. The Balaban J connectivity index is 1.70. The minimum atomic E-state index is -5.76. The van der Waals surface area contributed by atoms with Gasteiger partial charge in [-0.15, -0.1) is 0 Å². The lowest BCUT2D eigenvalue weighted by Crippen LogP contribution is -2.28. The first-order valence-corrected chi connectivity index (χ1v) is 12.0. The van der Waals surface area contributed by atoms with Crippen LogP contribution in [-0.2, 0) is 10.1 Å². The highest BCUT2D eigenvalue weighted by Crippen LogP contribution is 2.59. The Morgan fingerprint density at radius 2 is 1.45 bits per heavy atom. The molecule has 9 heteroatoms. The molecule has 5 rings (SSSR count). The molecule has 2 aliphatic carbocycles. The van der Waals surface area contributed by atoms with E-state index < -0.39 is 15.6 Å². The van der Waals surface area contributed by atoms with Gasteiger partial charge in [-0.1, -0.05) is 30.3 Å². The molecule has 2 atom stereocenters. The molecule has 2 unspecified atom stereocenters. The first-order chi connectivity index (χ1) is 14.7. The van der Waals surface area contributed by atoms with Gasteiger partial charge in [0.2, 0.25) is 0 Å². The van der Waals surface area contributed by atoms with E-state index in [1.165, 1.54) is 17.2 Å². The summed E-state index contributed by atoms with van der Waals surface area (Å²) in [5, 5.41) is 0.935. The van der Waals surface area contributed by atoms with Crippen molar-refractivity contribution in [3.63, 3.8) is 0 Å². The van der Waals surface area contributed by atoms with E-state index in [-0.39, 0.29) is 5.75 Å². The fourth-order valence-corrected chi connectivity index (χ4v) is 5.89. The zero-order valence-electron chi connectivity index (χ0n) is 15.9. The fraction of sp³-hybridized carbons (Fsp3) is 0.273. The van der Waals surface area contributed by atoms with Gasteiger partial charge in [-0.25, -0.2) is 0 Å². The molecule has 0 saturated heterocycles. The number of hydrogen-bond acceptors (Lipinski definition) is 4. The van der Waals surface area contributed by atoms with E-state index in [0.29, 0.717) is 22.6 Å². The molecule has 31 heavy (non-hydrogen) atoms. The topological polar surface area (TPSA) is 52.6 Å². The Bertz CT molecular complexity index is 1300. The Hall–Kier alpha value is -2.01. The molecular formula is C22H16F3IO4S. The third kappa shape index (κ3) is 3.27. The standard InChI is InChI=1S/C22H16F3IO4S/c23-22(24,25)31(27,28)30-18-9-7-15(14-3-1-2-4-16(14)18)17-8-10-19(29-26)21-13-6-5-12(11-13)20(17)21/h1-4,7-10,12-13H,5-6,11H2. The Morgan fingerprint density at radius 1 is 0.839 bits per heavy atom. The van der Waals surface area contributed by atoms with Crippen molar-refractivity contribution in [2.45, 2.75) is 36.6 Å². The zero-order valence-corrected chi connectivity index (χ0v) is 18.9. The van der Waals surface area contributed by atoms with Crippen LogP contribution in [0.5, 0.6) is 11.5 Å². The molecule has 0 N–H and O–H groups in total. The smallest absolute Gasteiger partial charge is 0.427 e. The minimum absolute atomic E-state index is 0.305. The molecular weight excluding hydrogens is 544 g/mol. The van der Waals surface area contributed by atoms with Crippen LogP contribution in [0.3, 0.4) is 0 Å². The largest absolute Gasteiger partial charge is 0.534 e. The highest BCUT2D eigenvalue weighted by atomic mass is 127. The number of hydrogen-bond donors (Lipinski definition) is 0. The van der Waals surface area contributed by atoms with Gasteiger partial charge in [0.15, 0.2) is 28.8 Å². The highest BCUT2D eigenvalue weighted by molar-refractivity contribution is 14.1. The molecule has 0 aromatic heterocycles. The van der Waals surface area contributed by atoms with Crippen molar-refractivity contribution < 1.29 is 28.8 Å². The zero-order chi connectivity index (χ0) is 22.0. The normalized spacial score (nSPS) is 20.1. The second-order valence-corrected chi connectivity index (χ2v) is 9.84. The number of halogens is 4. The highest BCUT2D eigenvalue weighted by Gasteiger charge is 2.49. The summed E-state index contributed by atoms with van der Waals surface area (Å²) in [5.41, 5.74) is -1.22. The van der Waals surface area contributed by atoms with Gasteiger partial charge < -0.3 is 7.25 Å². The maximum absolute atomic E-state index is 12.8. The second-order valence-electron chi connectivity index (χ2n) is 7.86. The van der Waals surface area contributed by atoms with Gasteiger partial charge >= 0.3 is 15.6 Å². The summed E-state index contributed by atoms with van der Waals surface area (Å²) in [6, 6.07) is 13.6. The van der Waals surface area contributed by atoms with E-state index in [1.807, 2.05) is 35.1 Å². The molecule has 0 aliphatic heterocycles. The summed E-state index contributed by atoms with van der Waals surface area (Å²) >= 11 is 1.89. The van der Waals surface area contributed by atoms with Gasteiger partial charge in [0.25, 0.3) is 0 Å². The van der Waals surface area contributed by atoms with E-state index in [1.54, 1.807) is 30.3 Å². The summed E-state index contributed by atoms with van der Waals surface area (Å²) in [5.74, 6) is 1.38. The summed E-state index contributed by atoms with van der Waals surface area (Å²) in [4.78, 5) is 0. The van der Waals surface area contributed by atoms with Crippen molar-refractivity contribution in [2.24, 2.45) is 0 Å². The molecule has 0 heterocycles. The summed E-state index contributed by atoms with van der Waals surface area (Å²) in [6.45, 7) is 0. The third-order valence-electron chi connectivity index (χ3n) is 6.24. The average Bonchev–Trinajstić information content (AvgIpc) is 3.35. The van der Waals surface area contributed by atoms with Crippen molar-refractivity contribution in [1.29, 1.82) is 0 Å². The predicted octanol–water partition coefficient (Wildman–Crippen LogP) is 6.83. The third-order valence-corrected chi connectivity index (χ3v) is 7.68.